The molecule has 0 bridgehead atoms. The number of nitriles is 1. The summed E-state index contributed by atoms with van der Waals surface area (Å²) in [5.74, 6) is 0.330. The SMILES string of the molecule is C[C@@](C#N)(NC(=O)CN1CCC[C@@H]1CCc1ccccc1)C1CC1. The zero-order valence-electron chi connectivity index (χ0n) is 14.5. The van der Waals surface area contributed by atoms with Crippen LogP contribution in [-0.2, 0) is 11.2 Å². The number of amides is 1. The first-order chi connectivity index (χ1) is 11.6. The number of hydrogen-bond acceptors (Lipinski definition) is 3. The second-order valence-electron chi connectivity index (χ2n) is 7.43. The predicted octanol–water partition coefficient (Wildman–Crippen LogP) is 2.89. The maximum Gasteiger partial charge on any atom is 0.235 e. The van der Waals surface area contributed by atoms with Crippen molar-refractivity contribution in [2.24, 2.45) is 5.92 Å². The molecule has 0 radical (unpaired) electrons. The molecule has 1 amide bonds. The van der Waals surface area contributed by atoms with E-state index in [1.165, 1.54) is 5.56 Å². The van der Waals surface area contributed by atoms with E-state index in [9.17, 15) is 10.1 Å². The summed E-state index contributed by atoms with van der Waals surface area (Å²) < 4.78 is 0. The third-order valence-electron chi connectivity index (χ3n) is 5.48. The van der Waals surface area contributed by atoms with Crippen molar-refractivity contribution in [3.8, 4) is 6.07 Å². The van der Waals surface area contributed by atoms with E-state index in [4.69, 9.17) is 0 Å². The molecule has 4 heteroatoms. The quantitative estimate of drug-likeness (QED) is 0.838. The summed E-state index contributed by atoms with van der Waals surface area (Å²) in [7, 11) is 0. The third kappa shape index (κ3) is 4.15. The molecule has 2 aliphatic rings. The number of likely N-dealkylation sites (tertiary alicyclic amines) is 1. The van der Waals surface area contributed by atoms with E-state index in [1.807, 2.05) is 13.0 Å². The van der Waals surface area contributed by atoms with Crippen molar-refractivity contribution in [3.63, 3.8) is 0 Å². The molecule has 24 heavy (non-hydrogen) atoms. The highest BCUT2D eigenvalue weighted by atomic mass is 16.2. The Labute approximate surface area is 144 Å². The van der Waals surface area contributed by atoms with Crippen molar-refractivity contribution in [1.29, 1.82) is 5.26 Å². The predicted molar refractivity (Wildman–Crippen MR) is 94.2 cm³/mol. The van der Waals surface area contributed by atoms with Crippen LogP contribution in [-0.4, -0.2) is 35.5 Å². The first kappa shape index (κ1) is 17.0. The summed E-state index contributed by atoms with van der Waals surface area (Å²) in [6.07, 6.45) is 6.57. The van der Waals surface area contributed by atoms with Crippen LogP contribution < -0.4 is 5.32 Å². The van der Waals surface area contributed by atoms with Gasteiger partial charge in [0.2, 0.25) is 5.91 Å². The maximum atomic E-state index is 12.4. The molecule has 1 saturated carbocycles. The van der Waals surface area contributed by atoms with Crippen molar-refractivity contribution in [1.82, 2.24) is 10.2 Å². The highest BCUT2D eigenvalue weighted by Crippen LogP contribution is 2.39. The summed E-state index contributed by atoms with van der Waals surface area (Å²) in [5, 5.41) is 12.4. The fourth-order valence-corrected chi connectivity index (χ4v) is 3.80. The van der Waals surface area contributed by atoms with Crippen molar-refractivity contribution in [2.45, 2.75) is 57.0 Å². The number of nitrogens with one attached hydrogen (secondary N) is 1. The molecule has 3 rings (SSSR count). The minimum atomic E-state index is -0.684. The Morgan fingerprint density at radius 3 is 2.75 bits per heavy atom. The highest BCUT2D eigenvalue weighted by molar-refractivity contribution is 5.79. The Balaban J connectivity index is 1.50. The normalized spacial score (nSPS) is 23.4. The summed E-state index contributed by atoms with van der Waals surface area (Å²) >= 11 is 0. The van der Waals surface area contributed by atoms with Crippen LogP contribution in [0.1, 0.15) is 44.6 Å². The largest absolute Gasteiger partial charge is 0.337 e. The van der Waals surface area contributed by atoms with Gasteiger partial charge in [-0.15, -0.1) is 0 Å². The molecule has 1 aliphatic carbocycles. The lowest BCUT2D eigenvalue weighted by atomic mass is 9.98. The number of carbonyl (C=O) groups excluding carboxylic acids is 1. The van der Waals surface area contributed by atoms with Crippen molar-refractivity contribution < 1.29 is 4.79 Å². The summed E-state index contributed by atoms with van der Waals surface area (Å²) in [4.78, 5) is 14.7. The zero-order valence-corrected chi connectivity index (χ0v) is 14.5. The Hall–Kier alpha value is -1.86. The molecule has 4 nitrogen and oxygen atoms in total. The monoisotopic (exact) mass is 325 g/mol. The van der Waals surface area contributed by atoms with Crippen LogP contribution in [0.5, 0.6) is 0 Å². The van der Waals surface area contributed by atoms with E-state index in [2.05, 4.69) is 40.6 Å². The molecule has 2 fully saturated rings. The van der Waals surface area contributed by atoms with Gasteiger partial charge in [-0.3, -0.25) is 9.69 Å². The molecule has 1 aromatic carbocycles. The lowest BCUT2D eigenvalue weighted by Crippen LogP contribution is -2.50. The summed E-state index contributed by atoms with van der Waals surface area (Å²) in [6, 6.07) is 13.3. The van der Waals surface area contributed by atoms with Gasteiger partial charge in [-0.1, -0.05) is 30.3 Å². The van der Waals surface area contributed by atoms with Gasteiger partial charge in [-0.2, -0.15) is 5.26 Å². The zero-order chi connectivity index (χ0) is 17.0. The molecule has 1 N–H and O–H groups in total. The van der Waals surface area contributed by atoms with Gasteiger partial charge in [0.15, 0.2) is 0 Å². The molecule has 1 aromatic rings. The van der Waals surface area contributed by atoms with Crippen LogP contribution in [0.3, 0.4) is 0 Å². The Morgan fingerprint density at radius 1 is 1.33 bits per heavy atom. The molecule has 2 atom stereocenters. The van der Waals surface area contributed by atoms with Crippen molar-refractivity contribution >= 4 is 5.91 Å². The standard InChI is InChI=1S/C20H27N3O/c1-20(15-21,17-10-11-17)22-19(24)14-23-13-5-8-18(23)12-9-16-6-3-2-4-7-16/h2-4,6-7,17-18H,5,8-14H2,1H3,(H,22,24)/t18-,20+/m1/s1. The Morgan fingerprint density at radius 2 is 2.08 bits per heavy atom. The molecule has 0 spiro atoms. The molecule has 1 saturated heterocycles. The molecule has 128 valence electrons. The van der Waals surface area contributed by atoms with Crippen molar-refractivity contribution in [2.75, 3.05) is 13.1 Å². The smallest absolute Gasteiger partial charge is 0.235 e. The maximum absolute atomic E-state index is 12.4. The van der Waals surface area contributed by atoms with E-state index in [-0.39, 0.29) is 5.91 Å². The number of rotatable bonds is 7. The first-order valence-corrected chi connectivity index (χ1v) is 9.11. The van der Waals surface area contributed by atoms with Crippen LogP contribution in [0, 0.1) is 17.2 Å². The van der Waals surface area contributed by atoms with Crippen LogP contribution in [0.25, 0.3) is 0 Å². The van der Waals surface area contributed by atoms with E-state index < -0.39 is 5.54 Å². The fourth-order valence-electron chi connectivity index (χ4n) is 3.80. The third-order valence-corrected chi connectivity index (χ3v) is 5.48. The topological polar surface area (TPSA) is 56.1 Å². The number of aryl methyl sites for hydroxylation is 1. The van der Waals surface area contributed by atoms with Gasteiger partial charge in [0, 0.05) is 6.04 Å². The molecule has 0 unspecified atom stereocenters. The Kier molecular flexibility index (Phi) is 5.20. The summed E-state index contributed by atoms with van der Waals surface area (Å²) in [5.41, 5.74) is 0.677. The van der Waals surface area contributed by atoms with Gasteiger partial charge < -0.3 is 5.32 Å². The molecule has 0 aromatic heterocycles. The van der Waals surface area contributed by atoms with E-state index in [0.29, 0.717) is 18.5 Å². The van der Waals surface area contributed by atoms with Gasteiger partial charge in [0.05, 0.1) is 12.6 Å². The van der Waals surface area contributed by atoms with Crippen LogP contribution in [0.15, 0.2) is 30.3 Å². The first-order valence-electron chi connectivity index (χ1n) is 9.11. The molecular weight excluding hydrogens is 298 g/mol. The Bertz CT molecular complexity index is 605. The molecule has 1 aliphatic heterocycles. The van der Waals surface area contributed by atoms with Gasteiger partial charge in [-0.25, -0.2) is 0 Å². The average Bonchev–Trinajstić information content (AvgIpc) is 3.36. The van der Waals surface area contributed by atoms with Crippen LogP contribution >= 0.6 is 0 Å². The van der Waals surface area contributed by atoms with Crippen LogP contribution in [0.2, 0.25) is 0 Å². The van der Waals surface area contributed by atoms with Crippen LogP contribution in [0.4, 0.5) is 0 Å². The minimum absolute atomic E-state index is 0.00226. The van der Waals surface area contributed by atoms with Gasteiger partial charge in [0.1, 0.15) is 5.54 Å². The van der Waals surface area contributed by atoms with Crippen molar-refractivity contribution in [3.05, 3.63) is 35.9 Å². The lowest BCUT2D eigenvalue weighted by Gasteiger charge is -2.27. The molecule has 1 heterocycles. The van der Waals surface area contributed by atoms with E-state index in [1.54, 1.807) is 0 Å². The number of benzene rings is 1. The van der Waals surface area contributed by atoms with E-state index >= 15 is 0 Å². The summed E-state index contributed by atoms with van der Waals surface area (Å²) in [6.45, 7) is 3.27. The number of carbonyl (C=O) groups is 1. The van der Waals surface area contributed by atoms with Gasteiger partial charge in [-0.05, 0) is 63.5 Å². The average molecular weight is 325 g/mol. The van der Waals surface area contributed by atoms with Gasteiger partial charge >= 0.3 is 0 Å². The second-order valence-corrected chi connectivity index (χ2v) is 7.43. The highest BCUT2D eigenvalue weighted by Gasteiger charge is 2.43. The van der Waals surface area contributed by atoms with E-state index in [0.717, 1.165) is 45.1 Å². The number of hydrogen-bond donors (Lipinski definition) is 1. The second kappa shape index (κ2) is 7.36. The van der Waals surface area contributed by atoms with Gasteiger partial charge in [0.25, 0.3) is 0 Å². The number of nitrogens with zero attached hydrogens (tertiary/aromatic N) is 2. The fraction of sp³-hybridized carbons (Fsp3) is 0.600. The minimum Gasteiger partial charge on any atom is -0.337 e. The lowest BCUT2D eigenvalue weighted by molar-refractivity contribution is -0.123. The molecular formula is C20H27N3O.